The first-order valence-electron chi connectivity index (χ1n) is 12.4. The monoisotopic (exact) mass is 545 g/mol. The summed E-state index contributed by atoms with van der Waals surface area (Å²) in [5, 5.41) is 22.6. The Labute approximate surface area is 250 Å². The van der Waals surface area contributed by atoms with Gasteiger partial charge in [-0.3, -0.25) is 4.79 Å². The molecule has 1 atom stereocenters. The summed E-state index contributed by atoms with van der Waals surface area (Å²) < 4.78 is 5.69. The Morgan fingerprint density at radius 3 is 2.38 bits per heavy atom. The second kappa shape index (κ2) is 15.1. The first-order valence-corrected chi connectivity index (χ1v) is 13.8. The summed E-state index contributed by atoms with van der Waals surface area (Å²) in [6, 6.07) is 25.0. The minimum absolute atomic E-state index is 0. The van der Waals surface area contributed by atoms with Crippen LogP contribution in [0.25, 0.3) is 23.3 Å². The van der Waals surface area contributed by atoms with Gasteiger partial charge in [0, 0.05) is 11.6 Å². The number of carboxylic acid groups (broad SMARTS) is 1. The van der Waals surface area contributed by atoms with Crippen molar-refractivity contribution in [2.45, 2.75) is 19.4 Å². The van der Waals surface area contributed by atoms with E-state index < -0.39 is 17.9 Å². The minimum Gasteiger partial charge on any atom is -0.548 e. The molecule has 1 amide bonds. The average molecular weight is 546 g/mol. The normalized spacial score (nSPS) is 11.4. The molecule has 4 rings (SSSR count). The molecule has 1 aromatic heterocycles. The van der Waals surface area contributed by atoms with Crippen molar-refractivity contribution in [2.24, 2.45) is 0 Å². The van der Waals surface area contributed by atoms with Crippen LogP contribution in [0.4, 0.5) is 0 Å². The number of rotatable bonds is 11. The minimum atomic E-state index is -1.30. The number of amides is 1. The number of nitrogens with zero attached hydrogens (tertiary/aromatic N) is 2. The topological polar surface area (TPSA) is 104 Å². The van der Waals surface area contributed by atoms with Gasteiger partial charge >= 0.3 is 18.9 Å². The molecule has 4 aromatic rings. The molecule has 40 heavy (non-hydrogen) atoms. The number of carbonyl (C=O) groups excluding carboxylic acids is 2. The summed E-state index contributed by atoms with van der Waals surface area (Å²) in [5.41, 5.74) is 4.45. The van der Waals surface area contributed by atoms with E-state index in [1.165, 1.54) is 11.8 Å². The van der Waals surface area contributed by atoms with Crippen LogP contribution in [-0.2, 0) is 4.79 Å². The summed E-state index contributed by atoms with van der Waals surface area (Å²) in [5.74, 6) is -0.0917. The number of aryl methyl sites for hydroxylation is 1. The Morgan fingerprint density at radius 2 is 1.70 bits per heavy atom. The fourth-order valence-electron chi connectivity index (χ4n) is 3.95. The molecule has 0 aliphatic carbocycles. The molecule has 1 unspecified atom stereocenters. The number of ether oxygens (including phenoxy) is 1. The third kappa shape index (κ3) is 8.33. The number of hydrogen-bond donors (Lipinski definition) is 1. The van der Waals surface area contributed by atoms with E-state index in [1.54, 1.807) is 18.2 Å². The largest absolute Gasteiger partial charge is 1.00 e. The second-order valence-corrected chi connectivity index (χ2v) is 9.78. The van der Waals surface area contributed by atoms with Gasteiger partial charge in [0.05, 0.1) is 17.7 Å². The standard InChI is InChI=1S/C31H29N3O4S.Li/c1-21-8-6-7-11-25(21)27-20-22(13-16-26(27)30(35)32-28(31(36)37)18-19-39-2)12-14-23-15-17-29(34-33-23)38-24-9-4-3-5-10-24;/h3-17,20,28H,18-19H2,1-2H3,(H,32,35)(H,36,37);/q;+1/p-1/b14-12+;. The van der Waals surface area contributed by atoms with Crippen LogP contribution >= 0.6 is 11.8 Å². The smallest absolute Gasteiger partial charge is 0.548 e. The average Bonchev–Trinajstić information content (AvgIpc) is 2.95. The number of benzene rings is 3. The molecule has 1 heterocycles. The summed E-state index contributed by atoms with van der Waals surface area (Å²) in [4.78, 5) is 24.8. The molecule has 0 saturated heterocycles. The van der Waals surface area contributed by atoms with E-state index in [4.69, 9.17) is 4.74 Å². The van der Waals surface area contributed by atoms with Crippen molar-refractivity contribution in [1.82, 2.24) is 15.5 Å². The number of carbonyl (C=O) groups is 2. The molecular formula is C31H28LiN3O4S. The molecule has 9 heteroatoms. The van der Waals surface area contributed by atoms with Gasteiger partial charge in [0.25, 0.3) is 5.91 Å². The molecule has 0 spiro atoms. The quantitative estimate of drug-likeness (QED) is 0.288. The molecular weight excluding hydrogens is 517 g/mol. The summed E-state index contributed by atoms with van der Waals surface area (Å²) >= 11 is 1.51. The van der Waals surface area contributed by atoms with Crippen LogP contribution in [0.15, 0.2) is 84.9 Å². The molecule has 0 fully saturated rings. The van der Waals surface area contributed by atoms with E-state index in [1.807, 2.05) is 92.1 Å². The van der Waals surface area contributed by atoms with E-state index in [0.29, 0.717) is 34.2 Å². The summed E-state index contributed by atoms with van der Waals surface area (Å²) in [7, 11) is 0. The van der Waals surface area contributed by atoms with Crippen LogP contribution in [0.3, 0.4) is 0 Å². The first kappa shape index (κ1) is 30.7. The van der Waals surface area contributed by atoms with E-state index in [0.717, 1.165) is 16.7 Å². The van der Waals surface area contributed by atoms with Crippen molar-refractivity contribution < 1.29 is 38.3 Å². The maximum Gasteiger partial charge on any atom is 1.00 e. The van der Waals surface area contributed by atoms with Gasteiger partial charge < -0.3 is 20.0 Å². The van der Waals surface area contributed by atoms with Gasteiger partial charge in [-0.1, -0.05) is 54.6 Å². The van der Waals surface area contributed by atoms with Gasteiger partial charge in [-0.25, -0.2) is 0 Å². The molecule has 7 nitrogen and oxygen atoms in total. The van der Waals surface area contributed by atoms with Crippen molar-refractivity contribution in [1.29, 1.82) is 0 Å². The van der Waals surface area contributed by atoms with Crippen LogP contribution in [0.1, 0.15) is 33.6 Å². The van der Waals surface area contributed by atoms with E-state index >= 15 is 0 Å². The zero-order valence-corrected chi connectivity index (χ0v) is 23.5. The second-order valence-electron chi connectivity index (χ2n) is 8.79. The fourth-order valence-corrected chi connectivity index (χ4v) is 4.42. The van der Waals surface area contributed by atoms with Gasteiger partial charge in [0.15, 0.2) is 0 Å². The van der Waals surface area contributed by atoms with Gasteiger partial charge in [0.2, 0.25) is 5.88 Å². The Balaban J connectivity index is 0.00000441. The fraction of sp³-hybridized carbons (Fsp3) is 0.161. The zero-order chi connectivity index (χ0) is 27.6. The molecule has 0 saturated carbocycles. The molecule has 198 valence electrons. The maximum absolute atomic E-state index is 13.2. The SMILES string of the molecule is CSCCC(NC(=O)c1ccc(/C=C/c2ccc(Oc3ccccc3)nn2)cc1-c1ccccc1C)C(=O)[O-].[Li+]. The number of para-hydroxylation sites is 1. The van der Waals surface area contributed by atoms with Gasteiger partial charge in [-0.2, -0.15) is 11.8 Å². The van der Waals surface area contributed by atoms with E-state index in [2.05, 4.69) is 15.5 Å². The zero-order valence-electron chi connectivity index (χ0n) is 22.7. The number of thioether (sulfide) groups is 1. The van der Waals surface area contributed by atoms with Gasteiger partial charge in [-0.15, -0.1) is 10.2 Å². The molecule has 0 aliphatic rings. The number of aromatic nitrogens is 2. The van der Waals surface area contributed by atoms with Gasteiger partial charge in [0.1, 0.15) is 5.75 Å². The molecule has 3 aromatic carbocycles. The number of hydrogen-bond acceptors (Lipinski definition) is 7. The van der Waals surface area contributed by atoms with Crippen LogP contribution in [0.5, 0.6) is 11.6 Å². The molecule has 1 N–H and O–H groups in total. The Hall–Kier alpha value is -3.83. The predicted octanol–water partition coefficient (Wildman–Crippen LogP) is 2.02. The van der Waals surface area contributed by atoms with Crippen LogP contribution < -0.4 is 34.0 Å². The predicted molar refractivity (Wildman–Crippen MR) is 153 cm³/mol. The number of aliphatic carboxylic acids is 1. The van der Waals surface area contributed by atoms with E-state index in [-0.39, 0.29) is 25.3 Å². The Kier molecular flexibility index (Phi) is 11.6. The number of nitrogens with one attached hydrogen (secondary N) is 1. The van der Waals surface area contributed by atoms with Crippen LogP contribution in [-0.4, -0.2) is 40.1 Å². The van der Waals surface area contributed by atoms with Crippen molar-refractivity contribution in [3.8, 4) is 22.8 Å². The van der Waals surface area contributed by atoms with Crippen LogP contribution in [0, 0.1) is 6.92 Å². The van der Waals surface area contributed by atoms with E-state index in [9.17, 15) is 14.7 Å². The third-order valence-electron chi connectivity index (χ3n) is 6.00. The third-order valence-corrected chi connectivity index (χ3v) is 6.64. The van der Waals surface area contributed by atoms with Crippen molar-refractivity contribution >= 4 is 35.8 Å². The Bertz CT molecular complexity index is 1460. The summed E-state index contributed by atoms with van der Waals surface area (Å²) in [6.45, 7) is 1.97. The first-order chi connectivity index (χ1) is 18.9. The van der Waals surface area contributed by atoms with Crippen molar-refractivity contribution in [3.05, 3.63) is 107 Å². The molecule has 0 aliphatic heterocycles. The van der Waals surface area contributed by atoms with Crippen molar-refractivity contribution in [3.63, 3.8) is 0 Å². The number of carboxylic acids is 1. The van der Waals surface area contributed by atoms with Gasteiger partial charge in [-0.05, 0) is 84.0 Å². The molecule has 0 bridgehead atoms. The summed E-state index contributed by atoms with van der Waals surface area (Å²) in [6.07, 6.45) is 5.87. The maximum atomic E-state index is 13.2. The Morgan fingerprint density at radius 1 is 0.950 bits per heavy atom. The van der Waals surface area contributed by atoms with Crippen molar-refractivity contribution in [2.75, 3.05) is 12.0 Å². The molecule has 0 radical (unpaired) electrons. The van der Waals surface area contributed by atoms with Crippen LogP contribution in [0.2, 0.25) is 0 Å².